The SMILES string of the molecule is Cn1cc(-c2ccc(Cc3cc(C(=O)O)nc4ccoc34)cn2)nn1. The van der Waals surface area contributed by atoms with Gasteiger partial charge in [-0.1, -0.05) is 11.3 Å². The van der Waals surface area contributed by atoms with E-state index in [2.05, 4.69) is 20.3 Å². The minimum Gasteiger partial charge on any atom is -0.477 e. The Bertz CT molecular complexity index is 1070. The third-order valence-corrected chi connectivity index (χ3v) is 3.79. The first kappa shape index (κ1) is 15.0. The number of carbonyl (C=O) groups is 1. The lowest BCUT2D eigenvalue weighted by atomic mass is 10.0. The molecule has 25 heavy (non-hydrogen) atoms. The van der Waals surface area contributed by atoms with E-state index in [1.54, 1.807) is 30.2 Å². The molecule has 0 aliphatic rings. The van der Waals surface area contributed by atoms with Crippen LogP contribution in [0.1, 0.15) is 21.6 Å². The molecule has 4 rings (SSSR count). The molecule has 4 heterocycles. The zero-order valence-electron chi connectivity index (χ0n) is 13.2. The number of hydrogen-bond donors (Lipinski definition) is 1. The molecule has 0 amide bonds. The molecule has 8 heteroatoms. The van der Waals surface area contributed by atoms with Crippen LogP contribution < -0.4 is 0 Å². The minimum absolute atomic E-state index is 0.00645. The summed E-state index contributed by atoms with van der Waals surface area (Å²) < 4.78 is 7.07. The smallest absolute Gasteiger partial charge is 0.354 e. The molecule has 4 aromatic rings. The highest BCUT2D eigenvalue weighted by atomic mass is 16.4. The molecule has 0 spiro atoms. The number of pyridine rings is 2. The first-order chi connectivity index (χ1) is 12.1. The summed E-state index contributed by atoms with van der Waals surface area (Å²) in [6, 6.07) is 6.97. The fourth-order valence-corrected chi connectivity index (χ4v) is 2.63. The lowest BCUT2D eigenvalue weighted by Crippen LogP contribution is -2.02. The number of fused-ring (bicyclic) bond motifs is 1. The fraction of sp³-hybridized carbons (Fsp3) is 0.118. The normalized spacial score (nSPS) is 11.1. The van der Waals surface area contributed by atoms with Crippen LogP contribution in [0.3, 0.4) is 0 Å². The number of rotatable bonds is 4. The van der Waals surface area contributed by atoms with E-state index in [9.17, 15) is 9.90 Å². The summed E-state index contributed by atoms with van der Waals surface area (Å²) in [4.78, 5) is 19.7. The molecule has 0 saturated carbocycles. The van der Waals surface area contributed by atoms with Crippen LogP contribution in [0.5, 0.6) is 0 Å². The summed E-state index contributed by atoms with van der Waals surface area (Å²) in [6.45, 7) is 0. The van der Waals surface area contributed by atoms with Crippen LogP contribution in [0.25, 0.3) is 22.5 Å². The van der Waals surface area contributed by atoms with Crippen molar-refractivity contribution in [1.29, 1.82) is 0 Å². The number of carboxylic acid groups (broad SMARTS) is 1. The Balaban J connectivity index is 1.67. The van der Waals surface area contributed by atoms with Crippen molar-refractivity contribution in [2.45, 2.75) is 6.42 Å². The molecule has 0 radical (unpaired) electrons. The number of carboxylic acids is 1. The highest BCUT2D eigenvalue weighted by Crippen LogP contribution is 2.23. The number of aryl methyl sites for hydroxylation is 1. The van der Waals surface area contributed by atoms with Crippen molar-refractivity contribution in [3.8, 4) is 11.4 Å². The first-order valence-electron chi connectivity index (χ1n) is 7.52. The van der Waals surface area contributed by atoms with Gasteiger partial charge in [-0.15, -0.1) is 5.10 Å². The van der Waals surface area contributed by atoms with E-state index in [4.69, 9.17) is 4.42 Å². The summed E-state index contributed by atoms with van der Waals surface area (Å²) in [5.74, 6) is -1.07. The van der Waals surface area contributed by atoms with E-state index >= 15 is 0 Å². The van der Waals surface area contributed by atoms with Crippen LogP contribution in [-0.2, 0) is 13.5 Å². The number of hydrogen-bond acceptors (Lipinski definition) is 6. The average molecular weight is 335 g/mol. The number of aromatic carboxylic acids is 1. The van der Waals surface area contributed by atoms with Gasteiger partial charge in [0.25, 0.3) is 0 Å². The Hall–Kier alpha value is -3.55. The zero-order chi connectivity index (χ0) is 17.4. The van der Waals surface area contributed by atoms with Crippen LogP contribution in [0.2, 0.25) is 0 Å². The third kappa shape index (κ3) is 2.85. The summed E-state index contributed by atoms with van der Waals surface area (Å²) >= 11 is 0. The second-order valence-electron chi connectivity index (χ2n) is 5.61. The van der Waals surface area contributed by atoms with Crippen LogP contribution in [0.15, 0.2) is 47.3 Å². The number of aromatic nitrogens is 5. The van der Waals surface area contributed by atoms with Crippen LogP contribution in [0, 0.1) is 0 Å². The van der Waals surface area contributed by atoms with Gasteiger partial charge >= 0.3 is 5.97 Å². The van der Waals surface area contributed by atoms with Crippen molar-refractivity contribution in [2.75, 3.05) is 0 Å². The third-order valence-electron chi connectivity index (χ3n) is 3.79. The van der Waals surface area contributed by atoms with Gasteiger partial charge in [0.1, 0.15) is 16.9 Å². The van der Waals surface area contributed by atoms with E-state index in [1.165, 1.54) is 12.3 Å². The Kier molecular flexibility index (Phi) is 3.50. The van der Waals surface area contributed by atoms with Crippen molar-refractivity contribution in [2.24, 2.45) is 7.05 Å². The van der Waals surface area contributed by atoms with Crippen LogP contribution >= 0.6 is 0 Å². The molecule has 1 N–H and O–H groups in total. The molecule has 4 aromatic heterocycles. The van der Waals surface area contributed by atoms with Gasteiger partial charge in [0.2, 0.25) is 0 Å². The van der Waals surface area contributed by atoms with Crippen molar-refractivity contribution in [3.05, 3.63) is 59.7 Å². The maximum absolute atomic E-state index is 11.3. The first-order valence-corrected chi connectivity index (χ1v) is 7.52. The van der Waals surface area contributed by atoms with E-state index < -0.39 is 5.97 Å². The number of furan rings is 1. The molecule has 0 saturated heterocycles. The largest absolute Gasteiger partial charge is 0.477 e. The van der Waals surface area contributed by atoms with Gasteiger partial charge < -0.3 is 9.52 Å². The minimum atomic E-state index is -1.07. The summed E-state index contributed by atoms with van der Waals surface area (Å²) in [5.41, 5.74) is 4.20. The van der Waals surface area contributed by atoms with Crippen LogP contribution in [0.4, 0.5) is 0 Å². The second kappa shape index (κ2) is 5.82. The molecule has 0 aliphatic carbocycles. The molecule has 0 fully saturated rings. The van der Waals surface area contributed by atoms with Gasteiger partial charge in [0.15, 0.2) is 5.58 Å². The summed E-state index contributed by atoms with van der Waals surface area (Å²) in [5, 5.41) is 17.1. The Morgan fingerprint density at radius 2 is 2.16 bits per heavy atom. The Labute approximate surface area is 141 Å². The molecule has 0 atom stereocenters. The molecule has 0 aromatic carbocycles. The molecular formula is C17H13N5O3. The van der Waals surface area contributed by atoms with Crippen molar-refractivity contribution < 1.29 is 14.3 Å². The molecule has 0 unspecified atom stereocenters. The van der Waals surface area contributed by atoms with Gasteiger partial charge in [-0.25, -0.2) is 9.78 Å². The van der Waals surface area contributed by atoms with Crippen molar-refractivity contribution in [1.82, 2.24) is 25.0 Å². The molecule has 0 aliphatic heterocycles. The molecule has 8 nitrogen and oxygen atoms in total. The lowest BCUT2D eigenvalue weighted by molar-refractivity contribution is 0.0691. The Morgan fingerprint density at radius 3 is 2.84 bits per heavy atom. The number of nitrogens with zero attached hydrogens (tertiary/aromatic N) is 5. The second-order valence-corrected chi connectivity index (χ2v) is 5.61. The summed E-state index contributed by atoms with van der Waals surface area (Å²) in [6.07, 6.45) is 5.51. The quantitative estimate of drug-likeness (QED) is 0.610. The van der Waals surface area contributed by atoms with Gasteiger partial charge in [-0.2, -0.15) is 0 Å². The highest BCUT2D eigenvalue weighted by Gasteiger charge is 2.14. The van der Waals surface area contributed by atoms with Crippen molar-refractivity contribution >= 4 is 17.1 Å². The predicted molar refractivity (Wildman–Crippen MR) is 88.0 cm³/mol. The molecular weight excluding hydrogens is 322 g/mol. The van der Waals surface area contributed by atoms with E-state index in [1.807, 2.05) is 12.1 Å². The molecule has 0 bridgehead atoms. The Morgan fingerprint density at radius 1 is 1.28 bits per heavy atom. The maximum atomic E-state index is 11.3. The predicted octanol–water partition coefficient (Wildman–Crippen LogP) is 2.31. The highest BCUT2D eigenvalue weighted by molar-refractivity contribution is 5.89. The van der Waals surface area contributed by atoms with E-state index in [0.29, 0.717) is 23.2 Å². The van der Waals surface area contributed by atoms with E-state index in [0.717, 1.165) is 16.8 Å². The van der Waals surface area contributed by atoms with Gasteiger partial charge in [0.05, 0.1) is 18.2 Å². The zero-order valence-corrected chi connectivity index (χ0v) is 13.2. The van der Waals surface area contributed by atoms with Gasteiger partial charge in [-0.3, -0.25) is 9.67 Å². The average Bonchev–Trinajstić information content (AvgIpc) is 3.24. The van der Waals surface area contributed by atoms with Gasteiger partial charge in [-0.05, 0) is 17.7 Å². The monoisotopic (exact) mass is 335 g/mol. The van der Waals surface area contributed by atoms with E-state index in [-0.39, 0.29) is 5.69 Å². The lowest BCUT2D eigenvalue weighted by Gasteiger charge is -2.05. The maximum Gasteiger partial charge on any atom is 0.354 e. The van der Waals surface area contributed by atoms with Gasteiger partial charge in [0, 0.05) is 31.3 Å². The summed E-state index contributed by atoms with van der Waals surface area (Å²) in [7, 11) is 1.79. The molecule has 124 valence electrons. The van der Waals surface area contributed by atoms with Crippen molar-refractivity contribution in [3.63, 3.8) is 0 Å². The fourth-order valence-electron chi connectivity index (χ4n) is 2.63. The topological polar surface area (TPSA) is 107 Å². The van der Waals surface area contributed by atoms with Crippen LogP contribution in [-0.4, -0.2) is 36.0 Å². The standard InChI is InChI=1S/C17H13N5O3/c1-22-9-15(20-21-22)12-3-2-10(8-18-12)6-11-7-14(17(23)24)19-13-4-5-25-16(11)13/h2-5,7-9H,6H2,1H3,(H,23,24).